The van der Waals surface area contributed by atoms with E-state index >= 15 is 0 Å². The Morgan fingerprint density at radius 2 is 1.73 bits per heavy atom. The molecule has 33 heavy (non-hydrogen) atoms. The molecule has 170 valence electrons. The highest BCUT2D eigenvalue weighted by Gasteiger charge is 2.23. The zero-order valence-corrected chi connectivity index (χ0v) is 19.1. The minimum absolute atomic E-state index is 0.0406. The van der Waals surface area contributed by atoms with Gasteiger partial charge in [0.15, 0.2) is 28.7 Å². The van der Waals surface area contributed by atoms with E-state index in [0.29, 0.717) is 22.7 Å². The van der Waals surface area contributed by atoms with Gasteiger partial charge in [-0.25, -0.2) is 19.3 Å². The number of H-pyrrole nitrogens is 1. The second-order valence-corrected chi connectivity index (χ2v) is 8.56. The Morgan fingerprint density at radius 1 is 1.03 bits per heavy atom. The molecule has 0 fully saturated rings. The number of nitrogens with one attached hydrogen (secondary N) is 1. The van der Waals surface area contributed by atoms with Crippen LogP contribution in [0.4, 0.5) is 0 Å². The van der Waals surface area contributed by atoms with Gasteiger partial charge in [-0.2, -0.15) is 0 Å². The molecule has 0 saturated heterocycles. The number of nitrogens with two attached hydrogens (primary N) is 1. The molecule has 0 aliphatic heterocycles. The Hall–Kier alpha value is -4.14. The highest BCUT2D eigenvalue weighted by Crippen LogP contribution is 2.37. The molecule has 0 saturated carbocycles. The van der Waals surface area contributed by atoms with Crippen LogP contribution in [0.5, 0.6) is 11.5 Å². The van der Waals surface area contributed by atoms with Crippen LogP contribution in [0.1, 0.15) is 36.8 Å². The van der Waals surface area contributed by atoms with Crippen molar-refractivity contribution in [1.82, 2.24) is 19.5 Å². The molecule has 4 rings (SSSR count). The molecule has 9 heteroatoms. The van der Waals surface area contributed by atoms with E-state index in [-0.39, 0.29) is 28.1 Å². The molecule has 1 amide bonds. The van der Waals surface area contributed by atoms with Crippen LogP contribution in [0.25, 0.3) is 28.2 Å². The first-order valence-electron chi connectivity index (χ1n) is 10.3. The molecule has 3 N–H and O–H groups in total. The number of aromatic amines is 1. The van der Waals surface area contributed by atoms with Gasteiger partial charge in [0.2, 0.25) is 0 Å². The van der Waals surface area contributed by atoms with Gasteiger partial charge in [0.25, 0.3) is 5.91 Å². The molecule has 2 aromatic carbocycles. The zero-order valence-electron chi connectivity index (χ0n) is 19.1. The quantitative estimate of drug-likeness (QED) is 0.484. The summed E-state index contributed by atoms with van der Waals surface area (Å²) in [6.45, 7) is 6.33. The number of hydrogen-bond donors (Lipinski definition) is 2. The monoisotopic (exact) mass is 447 g/mol. The Balaban J connectivity index is 2.01. The van der Waals surface area contributed by atoms with Crippen molar-refractivity contribution in [1.29, 1.82) is 0 Å². The largest absolute Gasteiger partial charge is 0.493 e. The van der Waals surface area contributed by atoms with E-state index in [0.717, 1.165) is 5.56 Å². The maximum absolute atomic E-state index is 12.9. The lowest BCUT2D eigenvalue weighted by Crippen LogP contribution is -2.16. The number of para-hydroxylation sites is 1. The molecule has 2 aromatic heterocycles. The third-order valence-electron chi connectivity index (χ3n) is 5.41. The molecule has 0 spiro atoms. The summed E-state index contributed by atoms with van der Waals surface area (Å²) in [5.41, 5.74) is 7.61. The minimum Gasteiger partial charge on any atom is -0.493 e. The van der Waals surface area contributed by atoms with E-state index in [2.05, 4.69) is 35.7 Å². The first-order valence-corrected chi connectivity index (χ1v) is 10.3. The number of benzene rings is 2. The van der Waals surface area contributed by atoms with Crippen LogP contribution in [0.2, 0.25) is 0 Å². The second-order valence-electron chi connectivity index (χ2n) is 8.56. The van der Waals surface area contributed by atoms with Gasteiger partial charge in [0, 0.05) is 0 Å². The molecule has 2 heterocycles. The zero-order chi connectivity index (χ0) is 23.9. The van der Waals surface area contributed by atoms with Crippen LogP contribution in [-0.2, 0) is 5.41 Å². The van der Waals surface area contributed by atoms with Gasteiger partial charge in [-0.05, 0) is 35.2 Å². The fourth-order valence-corrected chi connectivity index (χ4v) is 3.70. The Labute approximate surface area is 190 Å². The number of primary amides is 1. The number of imidazole rings is 1. The fourth-order valence-electron chi connectivity index (χ4n) is 3.70. The minimum atomic E-state index is -0.790. The Bertz CT molecular complexity index is 1410. The van der Waals surface area contributed by atoms with Crippen molar-refractivity contribution in [2.45, 2.75) is 26.2 Å². The third-order valence-corrected chi connectivity index (χ3v) is 5.41. The lowest BCUT2D eigenvalue weighted by Gasteiger charge is -2.19. The van der Waals surface area contributed by atoms with Crippen molar-refractivity contribution >= 4 is 17.1 Å². The highest BCUT2D eigenvalue weighted by molar-refractivity contribution is 6.02. The Kier molecular flexibility index (Phi) is 5.41. The maximum atomic E-state index is 12.9. The van der Waals surface area contributed by atoms with Crippen molar-refractivity contribution in [3.8, 4) is 28.6 Å². The van der Waals surface area contributed by atoms with Crippen LogP contribution in [-0.4, -0.2) is 39.6 Å². The summed E-state index contributed by atoms with van der Waals surface area (Å²) in [4.78, 5) is 36.8. The smallest absolute Gasteiger partial charge is 0.332 e. The molecule has 0 atom stereocenters. The molecule has 0 aliphatic rings. The van der Waals surface area contributed by atoms with Crippen molar-refractivity contribution in [2.24, 2.45) is 5.73 Å². The predicted molar refractivity (Wildman–Crippen MR) is 125 cm³/mol. The number of carbonyl (C=O) groups is 1. The molecule has 9 nitrogen and oxygen atoms in total. The van der Waals surface area contributed by atoms with Gasteiger partial charge < -0.3 is 20.2 Å². The summed E-state index contributed by atoms with van der Waals surface area (Å²) in [6.07, 6.45) is 0. The molecule has 0 bridgehead atoms. The summed E-state index contributed by atoms with van der Waals surface area (Å²) < 4.78 is 12.3. The van der Waals surface area contributed by atoms with E-state index < -0.39 is 11.6 Å². The van der Waals surface area contributed by atoms with E-state index in [1.165, 1.54) is 18.8 Å². The third kappa shape index (κ3) is 3.82. The van der Waals surface area contributed by atoms with Gasteiger partial charge in [-0.3, -0.25) is 4.79 Å². The van der Waals surface area contributed by atoms with Gasteiger partial charge in [-0.15, -0.1) is 0 Å². The van der Waals surface area contributed by atoms with Crippen LogP contribution >= 0.6 is 0 Å². The van der Waals surface area contributed by atoms with Crippen molar-refractivity contribution in [3.05, 3.63) is 64.2 Å². The average Bonchev–Trinajstić information content (AvgIpc) is 3.12. The summed E-state index contributed by atoms with van der Waals surface area (Å²) in [6, 6.07) is 12.8. The number of carbonyl (C=O) groups excluding carboxylic acids is 1. The molecular formula is C24H25N5O4. The normalized spacial score (nSPS) is 11.5. The second kappa shape index (κ2) is 8.09. The van der Waals surface area contributed by atoms with Gasteiger partial charge in [-0.1, -0.05) is 39.0 Å². The molecule has 4 aromatic rings. The number of nitrogens with zero attached hydrogens (tertiary/aromatic N) is 3. The number of ether oxygens (including phenoxy) is 2. The molecule has 0 unspecified atom stereocenters. The average molecular weight is 447 g/mol. The summed E-state index contributed by atoms with van der Waals surface area (Å²) >= 11 is 0. The number of aromatic nitrogens is 4. The van der Waals surface area contributed by atoms with E-state index in [9.17, 15) is 9.59 Å². The summed E-state index contributed by atoms with van der Waals surface area (Å²) in [5, 5.41) is 0. The SMILES string of the molecule is COc1cccc(-c2nc(C(N)=O)c3[nH]c(=O)n(-c4ccc(C(C)(C)C)cc4)c3n2)c1OC. The van der Waals surface area contributed by atoms with Crippen LogP contribution in [0.15, 0.2) is 47.3 Å². The summed E-state index contributed by atoms with van der Waals surface area (Å²) in [5.74, 6) is 0.255. The van der Waals surface area contributed by atoms with Crippen LogP contribution < -0.4 is 20.9 Å². The lowest BCUT2D eigenvalue weighted by atomic mass is 9.87. The van der Waals surface area contributed by atoms with Crippen molar-refractivity contribution in [3.63, 3.8) is 0 Å². The van der Waals surface area contributed by atoms with Gasteiger partial charge in [0.1, 0.15) is 5.52 Å². The topological polar surface area (TPSA) is 125 Å². The highest BCUT2D eigenvalue weighted by atomic mass is 16.5. The molecule has 0 aliphatic carbocycles. The van der Waals surface area contributed by atoms with Crippen molar-refractivity contribution in [2.75, 3.05) is 14.2 Å². The first kappa shape index (κ1) is 22.1. The maximum Gasteiger partial charge on any atom is 0.332 e. The van der Waals surface area contributed by atoms with Crippen molar-refractivity contribution < 1.29 is 14.3 Å². The number of hydrogen-bond acceptors (Lipinski definition) is 6. The van der Waals surface area contributed by atoms with Crippen LogP contribution in [0, 0.1) is 0 Å². The fraction of sp³-hybridized carbons (Fsp3) is 0.250. The van der Waals surface area contributed by atoms with E-state index in [4.69, 9.17) is 15.2 Å². The number of amides is 1. The van der Waals surface area contributed by atoms with E-state index in [1.54, 1.807) is 18.2 Å². The predicted octanol–water partition coefficient (Wildman–Crippen LogP) is 3.19. The summed E-state index contributed by atoms with van der Waals surface area (Å²) in [7, 11) is 3.02. The number of rotatable bonds is 5. The molecular weight excluding hydrogens is 422 g/mol. The van der Waals surface area contributed by atoms with Gasteiger partial charge in [0.05, 0.1) is 25.5 Å². The molecule has 0 radical (unpaired) electrons. The standard InChI is InChI=1S/C24H25N5O4/c1-24(2,3)13-9-11-14(12-10-13)29-22-18(27-23(29)31)17(20(25)30)26-21(28-22)15-7-6-8-16(32-4)19(15)33-5/h6-12H,1-5H3,(H2,25,30)(H,27,31). The lowest BCUT2D eigenvalue weighted by molar-refractivity contribution is 0.0997. The Morgan fingerprint density at radius 3 is 2.30 bits per heavy atom. The van der Waals surface area contributed by atoms with Crippen LogP contribution in [0.3, 0.4) is 0 Å². The number of fused-ring (bicyclic) bond motifs is 1. The first-order chi connectivity index (χ1) is 15.7. The van der Waals surface area contributed by atoms with E-state index in [1.807, 2.05) is 24.3 Å². The number of methoxy groups -OCH3 is 2. The van der Waals surface area contributed by atoms with Gasteiger partial charge >= 0.3 is 5.69 Å².